The number of amides is 4. The minimum absolute atomic E-state index is 0.0193. The number of imide groups is 1. The molecule has 0 radical (unpaired) electrons. The fourth-order valence-electron chi connectivity index (χ4n) is 5.79. The fourth-order valence-corrected chi connectivity index (χ4v) is 8.49. The van der Waals surface area contributed by atoms with Crippen LogP contribution in [0.25, 0.3) is 0 Å². The molecule has 1 saturated carbocycles. The molecule has 0 bridgehead atoms. The number of fused-ring (bicyclic) bond motifs is 1. The summed E-state index contributed by atoms with van der Waals surface area (Å²) in [6, 6.07) is 15.4. The van der Waals surface area contributed by atoms with Gasteiger partial charge < -0.3 is 10.2 Å². The lowest BCUT2D eigenvalue weighted by atomic mass is 9.96. The maximum atomic E-state index is 13.4. The van der Waals surface area contributed by atoms with E-state index in [0.29, 0.717) is 23.5 Å². The third-order valence-electron chi connectivity index (χ3n) is 8.35. The van der Waals surface area contributed by atoms with Crippen molar-refractivity contribution >= 4 is 44.2 Å². The molecule has 1 fully saturated rings. The summed E-state index contributed by atoms with van der Waals surface area (Å²) in [6.07, 6.45) is 5.45. The van der Waals surface area contributed by atoms with Crippen LogP contribution < -0.4 is 10.6 Å². The van der Waals surface area contributed by atoms with E-state index >= 15 is 0 Å². The fraction of sp³-hybridized carbons (Fsp3) is 0.406. The van der Waals surface area contributed by atoms with Crippen LogP contribution in [0.1, 0.15) is 68.8 Å². The predicted octanol–water partition coefficient (Wildman–Crippen LogP) is 4.92. The summed E-state index contributed by atoms with van der Waals surface area (Å²) >= 11 is 1.33. The Morgan fingerprint density at radius 1 is 0.932 bits per heavy atom. The van der Waals surface area contributed by atoms with Gasteiger partial charge in [0, 0.05) is 57.3 Å². The average molecular weight is 638 g/mol. The summed E-state index contributed by atoms with van der Waals surface area (Å²) in [5, 5.41) is 5.66. The highest BCUT2D eigenvalue weighted by molar-refractivity contribution is 7.89. The Kier molecular flexibility index (Phi) is 9.84. The van der Waals surface area contributed by atoms with E-state index in [2.05, 4.69) is 27.7 Å². The molecule has 4 amide bonds. The van der Waals surface area contributed by atoms with Crippen LogP contribution in [0.5, 0.6) is 0 Å². The number of benzene rings is 2. The van der Waals surface area contributed by atoms with E-state index in [1.54, 1.807) is 21.1 Å². The molecule has 234 valence electrons. The summed E-state index contributed by atoms with van der Waals surface area (Å²) in [5.74, 6) is -1.04. The Hall–Kier alpha value is -3.58. The molecule has 1 aromatic heterocycles. The molecule has 0 saturated heterocycles. The Bertz CT molecular complexity index is 1610. The van der Waals surface area contributed by atoms with Gasteiger partial charge in [-0.1, -0.05) is 49.6 Å². The monoisotopic (exact) mass is 637 g/mol. The topological polar surface area (TPSA) is 119 Å². The maximum Gasteiger partial charge on any atom is 0.323 e. The lowest BCUT2D eigenvalue weighted by molar-refractivity contribution is 0.0956. The number of nitrogens with zero attached hydrogens (tertiary/aromatic N) is 3. The van der Waals surface area contributed by atoms with Crippen LogP contribution >= 0.6 is 11.3 Å². The highest BCUT2D eigenvalue weighted by Crippen LogP contribution is 2.38. The van der Waals surface area contributed by atoms with Crippen molar-refractivity contribution in [1.82, 2.24) is 19.4 Å². The number of rotatable bonds is 8. The second-order valence-electron chi connectivity index (χ2n) is 11.6. The van der Waals surface area contributed by atoms with Gasteiger partial charge in [-0.2, -0.15) is 4.31 Å². The zero-order valence-corrected chi connectivity index (χ0v) is 27.0. The lowest BCUT2D eigenvalue weighted by Gasteiger charge is -2.30. The third kappa shape index (κ3) is 7.04. The number of hydrogen-bond donors (Lipinski definition) is 2. The second kappa shape index (κ2) is 13.6. The smallest absolute Gasteiger partial charge is 0.323 e. The first kappa shape index (κ1) is 31.8. The molecule has 44 heavy (non-hydrogen) atoms. The molecule has 10 nitrogen and oxygen atoms in total. The van der Waals surface area contributed by atoms with Crippen molar-refractivity contribution in [3.63, 3.8) is 0 Å². The first-order valence-electron chi connectivity index (χ1n) is 14.9. The molecule has 2 heterocycles. The number of anilines is 1. The summed E-state index contributed by atoms with van der Waals surface area (Å²) in [6.45, 7) is 2.08. The van der Waals surface area contributed by atoms with Gasteiger partial charge >= 0.3 is 6.03 Å². The molecule has 1 aliphatic heterocycles. The van der Waals surface area contributed by atoms with E-state index in [1.165, 1.54) is 50.4 Å². The maximum absolute atomic E-state index is 13.4. The van der Waals surface area contributed by atoms with Crippen molar-refractivity contribution in [3.05, 3.63) is 81.7 Å². The van der Waals surface area contributed by atoms with Crippen molar-refractivity contribution < 1.29 is 22.8 Å². The number of hydrogen-bond acceptors (Lipinski definition) is 7. The number of carbonyl (C=O) groups is 3. The SMILES string of the molecule is CN(C)C(=O)NC(=O)c1c(NC(=O)c2ccc(S(=O)(=O)N(C)C3CCCCC3)cc2)sc2c1CCN(Cc1ccccc1)C2. The number of nitrogens with one attached hydrogen (secondary N) is 2. The molecule has 0 unspecified atom stereocenters. The van der Waals surface area contributed by atoms with E-state index < -0.39 is 27.9 Å². The van der Waals surface area contributed by atoms with Gasteiger partial charge in [0.25, 0.3) is 11.8 Å². The van der Waals surface area contributed by atoms with Crippen LogP contribution in [0.2, 0.25) is 0 Å². The van der Waals surface area contributed by atoms with E-state index in [1.807, 2.05) is 18.2 Å². The number of thiophene rings is 1. The van der Waals surface area contributed by atoms with Gasteiger partial charge in [0.15, 0.2) is 0 Å². The highest BCUT2D eigenvalue weighted by atomic mass is 32.2. The molecule has 2 N–H and O–H groups in total. The molecular formula is C32H39N5O5S2. The predicted molar refractivity (Wildman–Crippen MR) is 171 cm³/mol. The third-order valence-corrected chi connectivity index (χ3v) is 11.4. The van der Waals surface area contributed by atoms with Crippen LogP contribution in [-0.4, -0.2) is 74.1 Å². The van der Waals surface area contributed by atoms with E-state index in [4.69, 9.17) is 0 Å². The Balaban J connectivity index is 1.36. The summed E-state index contributed by atoms with van der Waals surface area (Å²) < 4.78 is 28.0. The van der Waals surface area contributed by atoms with Gasteiger partial charge in [-0.25, -0.2) is 13.2 Å². The minimum Gasteiger partial charge on any atom is -0.331 e. The molecule has 2 aliphatic rings. The molecule has 5 rings (SSSR count). The molecule has 0 atom stereocenters. The van der Waals surface area contributed by atoms with Crippen molar-refractivity contribution in [2.45, 2.75) is 62.6 Å². The first-order valence-corrected chi connectivity index (χ1v) is 17.1. The van der Waals surface area contributed by atoms with E-state index in [0.717, 1.165) is 55.6 Å². The molecule has 0 spiro atoms. The van der Waals surface area contributed by atoms with E-state index in [-0.39, 0.29) is 16.5 Å². The molecule has 1 aliphatic carbocycles. The normalized spacial score (nSPS) is 15.9. The van der Waals surface area contributed by atoms with Crippen molar-refractivity contribution in [3.8, 4) is 0 Å². The van der Waals surface area contributed by atoms with Gasteiger partial charge in [-0.05, 0) is 54.7 Å². The van der Waals surface area contributed by atoms with Crippen molar-refractivity contribution in [1.29, 1.82) is 0 Å². The van der Waals surface area contributed by atoms with Crippen molar-refractivity contribution in [2.24, 2.45) is 0 Å². The van der Waals surface area contributed by atoms with Gasteiger partial charge in [-0.3, -0.25) is 19.8 Å². The molecule has 2 aromatic carbocycles. The molecule has 3 aromatic rings. The van der Waals surface area contributed by atoms with Crippen LogP contribution in [-0.2, 0) is 29.5 Å². The van der Waals surface area contributed by atoms with Crippen LogP contribution in [0.3, 0.4) is 0 Å². The summed E-state index contributed by atoms with van der Waals surface area (Å²) in [4.78, 5) is 43.8. The lowest BCUT2D eigenvalue weighted by Crippen LogP contribution is -2.39. The van der Waals surface area contributed by atoms with Crippen LogP contribution in [0, 0.1) is 0 Å². The highest BCUT2D eigenvalue weighted by Gasteiger charge is 2.31. The van der Waals surface area contributed by atoms with Gasteiger partial charge in [0.05, 0.1) is 10.5 Å². The Morgan fingerprint density at radius 3 is 2.27 bits per heavy atom. The quantitative estimate of drug-likeness (QED) is 0.362. The molecular weight excluding hydrogens is 599 g/mol. The number of sulfonamides is 1. The average Bonchev–Trinajstić information content (AvgIpc) is 3.38. The first-order chi connectivity index (χ1) is 21.0. The largest absolute Gasteiger partial charge is 0.331 e. The summed E-state index contributed by atoms with van der Waals surface area (Å²) in [7, 11) is 1.02. The number of urea groups is 1. The van der Waals surface area contributed by atoms with Crippen molar-refractivity contribution in [2.75, 3.05) is 33.0 Å². The van der Waals surface area contributed by atoms with Gasteiger partial charge in [0.2, 0.25) is 10.0 Å². The standard InChI is InChI=1S/C32H39N5O5S2/c1-35(2)32(40)34-30(39)28-26-18-19-37(20-22-10-6-4-7-11-22)21-27(26)43-31(28)33-29(38)23-14-16-25(17-15-23)44(41,42)36(3)24-12-8-5-9-13-24/h4,6-7,10-11,14-17,24H,5,8-9,12-13,18-21H2,1-3H3,(H,33,38)(H,34,39,40). The number of carbonyl (C=O) groups excluding carboxylic acids is 3. The van der Waals surface area contributed by atoms with Crippen LogP contribution in [0.15, 0.2) is 59.5 Å². The van der Waals surface area contributed by atoms with Crippen LogP contribution in [0.4, 0.5) is 9.80 Å². The second-order valence-corrected chi connectivity index (χ2v) is 14.7. The Morgan fingerprint density at radius 2 is 1.61 bits per heavy atom. The molecule has 12 heteroatoms. The zero-order chi connectivity index (χ0) is 31.4. The van der Waals surface area contributed by atoms with Gasteiger partial charge in [-0.15, -0.1) is 11.3 Å². The minimum atomic E-state index is -3.70. The zero-order valence-electron chi connectivity index (χ0n) is 25.3. The summed E-state index contributed by atoms with van der Waals surface area (Å²) in [5.41, 5.74) is 2.56. The Labute approximate surface area is 263 Å². The van der Waals surface area contributed by atoms with E-state index in [9.17, 15) is 22.8 Å². The van der Waals surface area contributed by atoms with Gasteiger partial charge in [0.1, 0.15) is 5.00 Å².